The van der Waals surface area contributed by atoms with E-state index in [-0.39, 0.29) is 11.8 Å². The number of anilines is 2. The van der Waals surface area contributed by atoms with Crippen molar-refractivity contribution in [3.63, 3.8) is 0 Å². The summed E-state index contributed by atoms with van der Waals surface area (Å²) in [4.78, 5) is 29.3. The molecule has 1 aromatic heterocycles. The van der Waals surface area contributed by atoms with Gasteiger partial charge in [-0.05, 0) is 30.3 Å². The van der Waals surface area contributed by atoms with Crippen molar-refractivity contribution < 1.29 is 9.59 Å². The fourth-order valence-corrected chi connectivity index (χ4v) is 3.56. The van der Waals surface area contributed by atoms with Gasteiger partial charge in [-0.3, -0.25) is 9.59 Å². The molecule has 0 aliphatic carbocycles. The zero-order chi connectivity index (χ0) is 20.1. The Hall–Kier alpha value is -3.77. The van der Waals surface area contributed by atoms with E-state index in [0.717, 1.165) is 10.6 Å². The minimum atomic E-state index is -0.296. The van der Waals surface area contributed by atoms with Crippen molar-refractivity contribution in [2.24, 2.45) is 0 Å². The molecule has 3 aromatic carbocycles. The Kier molecular flexibility index (Phi) is 5.45. The third kappa shape index (κ3) is 4.56. The molecular weight excluding hydrogens is 382 g/mol. The summed E-state index contributed by atoms with van der Waals surface area (Å²) < 4.78 is 0. The minimum Gasteiger partial charge on any atom is -0.322 e. The number of benzene rings is 3. The molecule has 0 fully saturated rings. The number of nitrogens with zero attached hydrogens (tertiary/aromatic N) is 1. The molecule has 4 aromatic rings. The topological polar surface area (TPSA) is 71.1 Å². The van der Waals surface area contributed by atoms with Crippen molar-refractivity contribution in [2.75, 3.05) is 10.6 Å². The second-order valence-electron chi connectivity index (χ2n) is 6.26. The summed E-state index contributed by atoms with van der Waals surface area (Å²) in [6, 6.07) is 25.7. The van der Waals surface area contributed by atoms with Crippen LogP contribution in [0.4, 0.5) is 11.4 Å². The lowest BCUT2D eigenvalue weighted by Crippen LogP contribution is -2.14. The standard InChI is InChI=1S/C23H17N3O2S/c27-21(16-8-3-1-4-9-16)24-18-12-7-13-19(14-18)25-22(28)20-15-29-23(26-20)17-10-5-2-6-11-17/h1-15H,(H,24,27)(H,25,28). The molecule has 142 valence electrons. The minimum absolute atomic E-state index is 0.207. The molecule has 0 aliphatic heterocycles. The highest BCUT2D eigenvalue weighted by molar-refractivity contribution is 7.13. The summed E-state index contributed by atoms with van der Waals surface area (Å²) in [6.07, 6.45) is 0. The van der Waals surface area contributed by atoms with Gasteiger partial charge in [0.1, 0.15) is 10.7 Å². The van der Waals surface area contributed by atoms with Crippen molar-refractivity contribution in [3.8, 4) is 10.6 Å². The molecule has 2 amide bonds. The molecule has 0 radical (unpaired) electrons. The van der Waals surface area contributed by atoms with E-state index in [0.29, 0.717) is 22.6 Å². The first-order valence-electron chi connectivity index (χ1n) is 8.98. The van der Waals surface area contributed by atoms with Gasteiger partial charge in [-0.2, -0.15) is 0 Å². The maximum absolute atomic E-state index is 12.6. The predicted octanol–water partition coefficient (Wildman–Crippen LogP) is 5.31. The fourth-order valence-electron chi connectivity index (χ4n) is 2.75. The molecule has 2 N–H and O–H groups in total. The average molecular weight is 399 g/mol. The second-order valence-corrected chi connectivity index (χ2v) is 7.12. The van der Waals surface area contributed by atoms with E-state index in [2.05, 4.69) is 15.6 Å². The Balaban J connectivity index is 1.45. The van der Waals surface area contributed by atoms with E-state index in [1.807, 2.05) is 48.5 Å². The summed E-state index contributed by atoms with van der Waals surface area (Å²) in [5.74, 6) is -0.504. The van der Waals surface area contributed by atoms with Gasteiger partial charge in [0.2, 0.25) is 0 Å². The highest BCUT2D eigenvalue weighted by Crippen LogP contribution is 2.24. The molecular formula is C23H17N3O2S. The number of carbonyl (C=O) groups excluding carboxylic acids is 2. The van der Waals surface area contributed by atoms with Gasteiger partial charge >= 0.3 is 0 Å². The van der Waals surface area contributed by atoms with E-state index in [4.69, 9.17) is 0 Å². The molecule has 29 heavy (non-hydrogen) atoms. The summed E-state index contributed by atoms with van der Waals surface area (Å²) >= 11 is 1.42. The summed E-state index contributed by atoms with van der Waals surface area (Å²) in [5.41, 5.74) is 3.07. The van der Waals surface area contributed by atoms with Crippen molar-refractivity contribution in [2.45, 2.75) is 0 Å². The van der Waals surface area contributed by atoms with Gasteiger partial charge in [0.15, 0.2) is 0 Å². The number of thiazole rings is 1. The lowest BCUT2D eigenvalue weighted by Gasteiger charge is -2.08. The Morgan fingerprint density at radius 1 is 0.724 bits per heavy atom. The predicted molar refractivity (Wildman–Crippen MR) is 116 cm³/mol. The van der Waals surface area contributed by atoms with Crippen LogP contribution in [0.25, 0.3) is 10.6 Å². The summed E-state index contributed by atoms with van der Waals surface area (Å²) in [7, 11) is 0. The third-order valence-corrected chi connectivity index (χ3v) is 5.06. The maximum Gasteiger partial charge on any atom is 0.275 e. The molecule has 4 rings (SSSR count). The maximum atomic E-state index is 12.6. The average Bonchev–Trinajstić information content (AvgIpc) is 3.26. The second kappa shape index (κ2) is 8.50. The number of rotatable bonds is 5. The van der Waals surface area contributed by atoms with E-state index in [9.17, 15) is 9.59 Å². The van der Waals surface area contributed by atoms with Crippen LogP contribution in [0.5, 0.6) is 0 Å². The quantitative estimate of drug-likeness (QED) is 0.477. The van der Waals surface area contributed by atoms with Crippen LogP contribution < -0.4 is 10.6 Å². The van der Waals surface area contributed by atoms with Gasteiger partial charge in [0, 0.05) is 27.9 Å². The molecule has 0 atom stereocenters. The van der Waals surface area contributed by atoms with Crippen LogP contribution in [0.1, 0.15) is 20.8 Å². The van der Waals surface area contributed by atoms with Gasteiger partial charge in [0.25, 0.3) is 11.8 Å². The number of hydrogen-bond donors (Lipinski definition) is 2. The molecule has 1 heterocycles. The normalized spacial score (nSPS) is 10.3. The van der Waals surface area contributed by atoms with Crippen LogP contribution in [0.2, 0.25) is 0 Å². The van der Waals surface area contributed by atoms with Crippen LogP contribution in [0, 0.1) is 0 Å². The number of amides is 2. The van der Waals surface area contributed by atoms with Crippen LogP contribution in [-0.4, -0.2) is 16.8 Å². The first kappa shape index (κ1) is 18.6. The Labute approximate surface area is 172 Å². The molecule has 0 aliphatic rings. The molecule has 6 heteroatoms. The smallest absolute Gasteiger partial charge is 0.275 e. The Bertz CT molecular complexity index is 1140. The SMILES string of the molecule is O=C(Nc1cccc(NC(=O)c2csc(-c3ccccc3)n2)c1)c1ccccc1. The molecule has 5 nitrogen and oxygen atoms in total. The van der Waals surface area contributed by atoms with Crippen LogP contribution >= 0.6 is 11.3 Å². The Morgan fingerprint density at radius 2 is 1.34 bits per heavy atom. The van der Waals surface area contributed by atoms with E-state index >= 15 is 0 Å². The molecule has 0 saturated heterocycles. The van der Waals surface area contributed by atoms with Crippen molar-refractivity contribution in [1.29, 1.82) is 0 Å². The summed E-state index contributed by atoms with van der Waals surface area (Å²) in [5, 5.41) is 8.19. The number of nitrogens with one attached hydrogen (secondary N) is 2. The molecule has 0 saturated carbocycles. The van der Waals surface area contributed by atoms with Crippen molar-refractivity contribution in [3.05, 3.63) is 102 Å². The molecule has 0 spiro atoms. The molecule has 0 bridgehead atoms. The van der Waals surface area contributed by atoms with Gasteiger partial charge in [-0.25, -0.2) is 4.98 Å². The highest BCUT2D eigenvalue weighted by Gasteiger charge is 2.13. The lowest BCUT2D eigenvalue weighted by molar-refractivity contribution is 0.101. The van der Waals surface area contributed by atoms with E-state index in [1.54, 1.807) is 41.8 Å². The van der Waals surface area contributed by atoms with Crippen LogP contribution in [0.15, 0.2) is 90.3 Å². The largest absolute Gasteiger partial charge is 0.322 e. The first-order valence-corrected chi connectivity index (χ1v) is 9.86. The lowest BCUT2D eigenvalue weighted by atomic mass is 10.2. The summed E-state index contributed by atoms with van der Waals surface area (Å²) in [6.45, 7) is 0. The number of aromatic nitrogens is 1. The fraction of sp³-hybridized carbons (Fsp3) is 0. The Morgan fingerprint density at radius 3 is 2.03 bits per heavy atom. The number of carbonyl (C=O) groups is 2. The van der Waals surface area contributed by atoms with Crippen molar-refractivity contribution in [1.82, 2.24) is 4.98 Å². The van der Waals surface area contributed by atoms with E-state index < -0.39 is 0 Å². The first-order chi connectivity index (χ1) is 14.2. The molecule has 0 unspecified atom stereocenters. The van der Waals surface area contributed by atoms with Gasteiger partial charge in [-0.1, -0.05) is 54.6 Å². The highest BCUT2D eigenvalue weighted by atomic mass is 32.1. The van der Waals surface area contributed by atoms with E-state index in [1.165, 1.54) is 11.3 Å². The monoisotopic (exact) mass is 399 g/mol. The zero-order valence-corrected chi connectivity index (χ0v) is 16.1. The third-order valence-electron chi connectivity index (χ3n) is 4.17. The van der Waals surface area contributed by atoms with Crippen molar-refractivity contribution >= 4 is 34.5 Å². The van der Waals surface area contributed by atoms with Crippen LogP contribution in [0.3, 0.4) is 0 Å². The zero-order valence-electron chi connectivity index (χ0n) is 15.3. The van der Waals surface area contributed by atoms with Crippen LogP contribution in [-0.2, 0) is 0 Å². The number of hydrogen-bond acceptors (Lipinski definition) is 4. The van der Waals surface area contributed by atoms with Gasteiger partial charge in [0.05, 0.1) is 0 Å². The van der Waals surface area contributed by atoms with Gasteiger partial charge in [-0.15, -0.1) is 11.3 Å². The van der Waals surface area contributed by atoms with Gasteiger partial charge < -0.3 is 10.6 Å².